The summed E-state index contributed by atoms with van der Waals surface area (Å²) in [5.74, 6) is -0.734. The Kier molecular flexibility index (Phi) is 4.95. The van der Waals surface area contributed by atoms with Crippen LogP contribution in [-0.2, 0) is 0 Å². The monoisotopic (exact) mass is 254 g/mol. The molecule has 1 aliphatic carbocycles. The van der Waals surface area contributed by atoms with E-state index in [1.165, 1.54) is 7.11 Å². The zero-order valence-electron chi connectivity index (χ0n) is 9.29. The average molecular weight is 254 g/mol. The molecule has 0 aromatic heterocycles. The van der Waals surface area contributed by atoms with E-state index < -0.39 is 12.8 Å². The van der Waals surface area contributed by atoms with Gasteiger partial charge >= 0.3 is 58.4 Å². The molecule has 16 heavy (non-hydrogen) atoms. The summed E-state index contributed by atoms with van der Waals surface area (Å²) >= 11 is 0. The number of hydrogen-bond acceptors (Lipinski definition) is 1. The van der Waals surface area contributed by atoms with Gasteiger partial charge in [-0.15, -0.1) is 0 Å². The number of methoxy groups -OCH3 is 1. The minimum atomic E-state index is -4.67. The molecule has 1 nitrogen and oxygen atoms in total. The van der Waals surface area contributed by atoms with Crippen LogP contribution in [0, 0.1) is 0 Å². The molecule has 1 fully saturated rings. The Labute approximate surface area is 135 Å². The second-order valence-corrected chi connectivity index (χ2v) is 3.90. The number of rotatable bonds is 3. The summed E-state index contributed by atoms with van der Waals surface area (Å²) < 4.78 is 42.0. The van der Waals surface area contributed by atoms with Crippen LogP contribution in [-0.4, -0.2) is 14.1 Å². The molecule has 0 N–H and O–H groups in total. The van der Waals surface area contributed by atoms with Gasteiger partial charge in [0.2, 0.25) is 0 Å². The van der Waals surface area contributed by atoms with Gasteiger partial charge in [0.1, 0.15) is 5.75 Å². The quantitative estimate of drug-likeness (QED) is 0.710. The number of halogens is 3. The van der Waals surface area contributed by atoms with Crippen molar-refractivity contribution < 1.29 is 69.1 Å². The fourth-order valence-corrected chi connectivity index (χ4v) is 1.87. The molecule has 1 aromatic carbocycles. The Bertz CT molecular complexity index is 352. The van der Waals surface area contributed by atoms with Crippen LogP contribution in [0.3, 0.4) is 0 Å². The van der Waals surface area contributed by atoms with Gasteiger partial charge in [-0.05, 0) is 23.6 Å². The van der Waals surface area contributed by atoms with Crippen LogP contribution in [0.2, 0.25) is 5.82 Å². The van der Waals surface area contributed by atoms with Gasteiger partial charge < -0.3 is 17.7 Å². The molecule has 0 unspecified atom stereocenters. The Morgan fingerprint density at radius 1 is 1.19 bits per heavy atom. The van der Waals surface area contributed by atoms with Crippen molar-refractivity contribution in [2.45, 2.75) is 18.2 Å². The van der Waals surface area contributed by atoms with Crippen molar-refractivity contribution in [1.82, 2.24) is 0 Å². The fraction of sp³-hybridized carbons (Fsp3) is 0.400. The van der Waals surface area contributed by atoms with E-state index in [2.05, 4.69) is 0 Å². The predicted molar refractivity (Wildman–Crippen MR) is 53.2 cm³/mol. The van der Waals surface area contributed by atoms with Gasteiger partial charge in [-0.2, -0.15) is 0 Å². The molecule has 2 rings (SSSR count). The van der Waals surface area contributed by atoms with E-state index in [4.69, 9.17) is 4.74 Å². The molecule has 0 saturated heterocycles. The SMILES string of the molecule is COc1ccc([C@@H]2C[C@H]2[B-](F)(F)F)cc1.[K+]. The van der Waals surface area contributed by atoms with Crippen LogP contribution in [0.4, 0.5) is 12.9 Å². The Morgan fingerprint density at radius 2 is 1.75 bits per heavy atom. The third-order valence-electron chi connectivity index (χ3n) is 2.87. The first-order valence-corrected chi connectivity index (χ1v) is 4.86. The largest absolute Gasteiger partial charge is 1.00 e. The van der Waals surface area contributed by atoms with Crippen LogP contribution in [0.25, 0.3) is 0 Å². The third-order valence-corrected chi connectivity index (χ3v) is 2.87. The molecule has 0 spiro atoms. The Morgan fingerprint density at radius 3 is 2.12 bits per heavy atom. The summed E-state index contributed by atoms with van der Waals surface area (Å²) in [7, 11) is 1.54. The summed E-state index contributed by atoms with van der Waals surface area (Å²) in [4.78, 5) is 0. The van der Waals surface area contributed by atoms with Crippen molar-refractivity contribution >= 4 is 6.98 Å². The maximum atomic E-state index is 12.4. The first kappa shape index (κ1) is 14.6. The minimum absolute atomic E-state index is 0. The van der Waals surface area contributed by atoms with Crippen LogP contribution in [0.15, 0.2) is 24.3 Å². The smallest absolute Gasteiger partial charge is 0.497 e. The first-order valence-electron chi connectivity index (χ1n) is 4.86. The van der Waals surface area contributed by atoms with E-state index in [1.54, 1.807) is 24.3 Å². The molecule has 2 atom stereocenters. The topological polar surface area (TPSA) is 9.23 Å². The molecule has 82 valence electrons. The van der Waals surface area contributed by atoms with Crippen molar-refractivity contribution in [3.63, 3.8) is 0 Å². The van der Waals surface area contributed by atoms with E-state index in [0.29, 0.717) is 5.75 Å². The zero-order chi connectivity index (χ0) is 11.1. The minimum Gasteiger partial charge on any atom is -0.497 e. The molecule has 1 saturated carbocycles. The molecule has 0 radical (unpaired) electrons. The fourth-order valence-electron chi connectivity index (χ4n) is 1.87. The van der Waals surface area contributed by atoms with Gasteiger partial charge in [0.05, 0.1) is 7.11 Å². The second kappa shape index (κ2) is 5.44. The number of ether oxygens (including phenoxy) is 1. The molecule has 1 aromatic rings. The molecule has 0 bridgehead atoms. The van der Waals surface area contributed by atoms with E-state index in [0.717, 1.165) is 5.56 Å². The van der Waals surface area contributed by atoms with Crippen molar-refractivity contribution in [1.29, 1.82) is 0 Å². The van der Waals surface area contributed by atoms with Gasteiger partial charge in [0.15, 0.2) is 0 Å². The molecular weight excluding hydrogens is 243 g/mol. The summed E-state index contributed by atoms with van der Waals surface area (Å²) in [6, 6.07) is 6.83. The number of hydrogen-bond donors (Lipinski definition) is 0. The van der Waals surface area contributed by atoms with Crippen molar-refractivity contribution in [2.24, 2.45) is 0 Å². The van der Waals surface area contributed by atoms with Crippen molar-refractivity contribution in [2.75, 3.05) is 7.11 Å². The third kappa shape index (κ3) is 3.26. The summed E-state index contributed by atoms with van der Waals surface area (Å²) in [6.07, 6.45) is 0.246. The molecule has 0 amide bonds. The molecule has 6 heteroatoms. The second-order valence-electron chi connectivity index (χ2n) is 3.90. The van der Waals surface area contributed by atoms with E-state index in [9.17, 15) is 12.9 Å². The van der Waals surface area contributed by atoms with Gasteiger partial charge in [-0.3, -0.25) is 0 Å². The van der Waals surface area contributed by atoms with Crippen molar-refractivity contribution in [3.8, 4) is 5.75 Å². The van der Waals surface area contributed by atoms with Crippen LogP contribution in [0.1, 0.15) is 17.9 Å². The Hall–Kier alpha value is 0.511. The van der Waals surface area contributed by atoms with Gasteiger partial charge in [0.25, 0.3) is 0 Å². The maximum Gasteiger partial charge on any atom is 1.00 e. The summed E-state index contributed by atoms with van der Waals surface area (Å²) in [5.41, 5.74) is 0.764. The van der Waals surface area contributed by atoms with E-state index in [1.807, 2.05) is 0 Å². The average Bonchev–Trinajstić information content (AvgIpc) is 2.97. The predicted octanol–water partition coefficient (Wildman–Crippen LogP) is 0.404. The first-order chi connectivity index (χ1) is 7.02. The molecule has 0 heterocycles. The standard InChI is InChI=1S/C10H11BF3O.K/c1-15-8-4-2-7(3-5-8)9-6-10(9)11(12,13)14;/h2-5,9-10H,6H2,1H3;/q-1;+1/t9-,10+;/m0./s1. The van der Waals surface area contributed by atoms with Crippen LogP contribution in [0.5, 0.6) is 5.75 Å². The van der Waals surface area contributed by atoms with Gasteiger partial charge in [-0.25, -0.2) is 0 Å². The summed E-state index contributed by atoms with van der Waals surface area (Å²) in [5, 5.41) is 0. The zero-order valence-corrected chi connectivity index (χ0v) is 12.4. The molecule has 1 aliphatic rings. The maximum absolute atomic E-state index is 12.4. The Balaban J connectivity index is 0.00000128. The summed E-state index contributed by atoms with van der Waals surface area (Å²) in [6.45, 7) is -4.67. The van der Waals surface area contributed by atoms with Gasteiger partial charge in [-0.1, -0.05) is 24.4 Å². The number of benzene rings is 1. The van der Waals surface area contributed by atoms with Crippen molar-refractivity contribution in [3.05, 3.63) is 29.8 Å². The van der Waals surface area contributed by atoms with Crippen LogP contribution >= 0.6 is 0 Å². The van der Waals surface area contributed by atoms with E-state index in [-0.39, 0.29) is 63.7 Å². The van der Waals surface area contributed by atoms with Crippen LogP contribution < -0.4 is 56.1 Å². The van der Waals surface area contributed by atoms with Gasteiger partial charge in [0, 0.05) is 0 Å². The molecule has 0 aliphatic heterocycles. The normalized spacial score (nSPS) is 23.5. The van der Waals surface area contributed by atoms with E-state index >= 15 is 0 Å². The molecular formula is C10H11BF3KO.